The van der Waals surface area contributed by atoms with Crippen LogP contribution in [0.1, 0.15) is 71.6 Å². The van der Waals surface area contributed by atoms with E-state index in [0.717, 1.165) is 19.3 Å². The van der Waals surface area contributed by atoms with Gasteiger partial charge in [-0.05, 0) is 19.8 Å². The van der Waals surface area contributed by atoms with Gasteiger partial charge >= 0.3 is 5.97 Å². The summed E-state index contributed by atoms with van der Waals surface area (Å²) in [6, 6.07) is 0. The third-order valence-electron chi connectivity index (χ3n) is 2.98. The maximum Gasteiger partial charge on any atom is 0.335 e. The summed E-state index contributed by atoms with van der Waals surface area (Å²) in [6.07, 6.45) is 9.73. The standard InChI is InChI=1S/C13H26O3.H2S/c1-3-4-5-6-7-8-9-10-11-13(2,16)12(14)15;/h16H,3-11H2,1-2H3,(H,14,15);1H2. The number of rotatable bonds is 10. The number of aliphatic hydroxyl groups is 1. The molecule has 104 valence electrons. The molecule has 0 aliphatic rings. The van der Waals surface area contributed by atoms with Gasteiger partial charge in [0.25, 0.3) is 0 Å². The third-order valence-corrected chi connectivity index (χ3v) is 2.98. The Hall–Kier alpha value is -0.220. The van der Waals surface area contributed by atoms with E-state index in [1.165, 1.54) is 39.0 Å². The van der Waals surface area contributed by atoms with Crippen molar-refractivity contribution < 1.29 is 15.0 Å². The molecule has 17 heavy (non-hydrogen) atoms. The monoisotopic (exact) mass is 264 g/mol. The predicted octanol–water partition coefficient (Wildman–Crippen LogP) is 3.47. The molecule has 1 atom stereocenters. The molecule has 0 aliphatic carbocycles. The quantitative estimate of drug-likeness (QED) is 0.594. The van der Waals surface area contributed by atoms with Crippen molar-refractivity contribution in [1.82, 2.24) is 0 Å². The van der Waals surface area contributed by atoms with Crippen LogP contribution in [0.3, 0.4) is 0 Å². The van der Waals surface area contributed by atoms with Gasteiger partial charge in [-0.1, -0.05) is 51.9 Å². The molecule has 0 amide bonds. The fraction of sp³-hybridized carbons (Fsp3) is 0.923. The van der Waals surface area contributed by atoms with Crippen molar-refractivity contribution in [2.45, 2.75) is 77.2 Å². The molecule has 0 rings (SSSR count). The first-order valence-corrected chi connectivity index (χ1v) is 6.46. The number of aliphatic carboxylic acids is 1. The van der Waals surface area contributed by atoms with Gasteiger partial charge in [-0.3, -0.25) is 0 Å². The summed E-state index contributed by atoms with van der Waals surface area (Å²) >= 11 is 0. The van der Waals surface area contributed by atoms with E-state index >= 15 is 0 Å². The Balaban J connectivity index is 0. The van der Waals surface area contributed by atoms with Crippen LogP contribution in [-0.2, 0) is 4.79 Å². The predicted molar refractivity (Wildman–Crippen MR) is 75.9 cm³/mol. The Morgan fingerprint density at radius 1 is 1.00 bits per heavy atom. The van der Waals surface area contributed by atoms with E-state index in [0.29, 0.717) is 6.42 Å². The summed E-state index contributed by atoms with van der Waals surface area (Å²) in [5.74, 6) is -1.12. The molecule has 4 heteroatoms. The molecule has 0 aliphatic heterocycles. The van der Waals surface area contributed by atoms with E-state index in [4.69, 9.17) is 5.11 Å². The summed E-state index contributed by atoms with van der Waals surface area (Å²) in [7, 11) is 0. The lowest BCUT2D eigenvalue weighted by molar-refractivity contribution is -0.157. The summed E-state index contributed by atoms with van der Waals surface area (Å²) in [5, 5.41) is 18.2. The molecule has 0 spiro atoms. The van der Waals surface area contributed by atoms with Gasteiger partial charge in [0, 0.05) is 0 Å². The van der Waals surface area contributed by atoms with Crippen LogP contribution >= 0.6 is 13.5 Å². The molecule has 0 saturated heterocycles. The van der Waals surface area contributed by atoms with Gasteiger partial charge in [-0.15, -0.1) is 0 Å². The Morgan fingerprint density at radius 2 is 1.41 bits per heavy atom. The normalized spacial score (nSPS) is 13.8. The van der Waals surface area contributed by atoms with E-state index in [9.17, 15) is 9.90 Å². The maximum absolute atomic E-state index is 10.6. The number of hydrogen-bond acceptors (Lipinski definition) is 2. The van der Waals surface area contributed by atoms with E-state index < -0.39 is 11.6 Å². The lowest BCUT2D eigenvalue weighted by Gasteiger charge is -2.17. The van der Waals surface area contributed by atoms with Crippen molar-refractivity contribution in [1.29, 1.82) is 0 Å². The summed E-state index contributed by atoms with van der Waals surface area (Å²) in [4.78, 5) is 10.6. The molecule has 0 aromatic carbocycles. The molecule has 0 radical (unpaired) electrons. The van der Waals surface area contributed by atoms with Gasteiger partial charge in [0.15, 0.2) is 5.60 Å². The summed E-state index contributed by atoms with van der Waals surface area (Å²) in [6.45, 7) is 3.57. The van der Waals surface area contributed by atoms with Gasteiger partial charge in [-0.2, -0.15) is 13.5 Å². The number of carboxylic acids is 1. The zero-order valence-corrected chi connectivity index (χ0v) is 12.2. The highest BCUT2D eigenvalue weighted by Gasteiger charge is 2.28. The van der Waals surface area contributed by atoms with E-state index in [1.54, 1.807) is 0 Å². The number of hydrogen-bond donors (Lipinski definition) is 2. The molecule has 0 heterocycles. The molecular weight excluding hydrogens is 236 g/mol. The molecule has 1 unspecified atom stereocenters. The minimum absolute atomic E-state index is 0. The number of carboxylic acid groups (broad SMARTS) is 1. The maximum atomic E-state index is 10.6. The van der Waals surface area contributed by atoms with Crippen molar-refractivity contribution in [3.05, 3.63) is 0 Å². The molecular formula is C13H28O3S. The van der Waals surface area contributed by atoms with Gasteiger partial charge in [0.05, 0.1) is 0 Å². The summed E-state index contributed by atoms with van der Waals surface area (Å²) < 4.78 is 0. The Labute approximate surface area is 112 Å². The van der Waals surface area contributed by atoms with E-state index in [2.05, 4.69) is 6.92 Å². The smallest absolute Gasteiger partial charge is 0.335 e. The van der Waals surface area contributed by atoms with E-state index in [-0.39, 0.29) is 13.5 Å². The first-order chi connectivity index (χ1) is 7.50. The molecule has 0 bridgehead atoms. The first kappa shape index (κ1) is 19.1. The third kappa shape index (κ3) is 10.6. The Morgan fingerprint density at radius 3 is 1.82 bits per heavy atom. The van der Waals surface area contributed by atoms with Crippen LogP contribution in [0, 0.1) is 0 Å². The van der Waals surface area contributed by atoms with Crippen LogP contribution < -0.4 is 0 Å². The molecule has 3 nitrogen and oxygen atoms in total. The Kier molecular flexibility index (Phi) is 12.3. The van der Waals surface area contributed by atoms with Crippen molar-refractivity contribution in [3.63, 3.8) is 0 Å². The average molecular weight is 264 g/mol. The van der Waals surface area contributed by atoms with Gasteiger partial charge in [-0.25, -0.2) is 4.79 Å². The lowest BCUT2D eigenvalue weighted by Crippen LogP contribution is -2.34. The van der Waals surface area contributed by atoms with Crippen LogP contribution in [-0.4, -0.2) is 21.8 Å². The van der Waals surface area contributed by atoms with E-state index in [1.807, 2.05) is 0 Å². The Bertz CT molecular complexity index is 193. The lowest BCUT2D eigenvalue weighted by atomic mass is 9.98. The second-order valence-corrected chi connectivity index (χ2v) is 4.80. The number of unbranched alkanes of at least 4 members (excludes halogenated alkanes) is 7. The van der Waals surface area contributed by atoms with Gasteiger partial charge in [0.1, 0.15) is 0 Å². The van der Waals surface area contributed by atoms with Crippen LogP contribution in [0.15, 0.2) is 0 Å². The zero-order chi connectivity index (χ0) is 12.4. The average Bonchev–Trinajstić information content (AvgIpc) is 2.21. The number of carbonyl (C=O) groups is 1. The highest BCUT2D eigenvalue weighted by Crippen LogP contribution is 2.16. The van der Waals surface area contributed by atoms with Crippen molar-refractivity contribution in [2.24, 2.45) is 0 Å². The fourth-order valence-electron chi connectivity index (χ4n) is 1.71. The van der Waals surface area contributed by atoms with Gasteiger partial charge in [0.2, 0.25) is 0 Å². The molecule has 0 fully saturated rings. The molecule has 0 saturated carbocycles. The van der Waals surface area contributed by atoms with Crippen molar-refractivity contribution in [2.75, 3.05) is 0 Å². The largest absolute Gasteiger partial charge is 0.479 e. The van der Waals surface area contributed by atoms with Crippen LogP contribution in [0.2, 0.25) is 0 Å². The molecule has 0 aromatic rings. The van der Waals surface area contributed by atoms with Crippen molar-refractivity contribution in [3.8, 4) is 0 Å². The minimum atomic E-state index is -1.54. The molecule has 2 N–H and O–H groups in total. The van der Waals surface area contributed by atoms with Crippen LogP contribution in [0.4, 0.5) is 0 Å². The molecule has 0 aromatic heterocycles. The van der Waals surface area contributed by atoms with Gasteiger partial charge < -0.3 is 10.2 Å². The summed E-state index contributed by atoms with van der Waals surface area (Å²) in [5.41, 5.74) is -1.54. The van der Waals surface area contributed by atoms with Crippen LogP contribution in [0.5, 0.6) is 0 Å². The SMILES string of the molecule is CCCCCCCCCCC(C)(O)C(=O)O.S. The minimum Gasteiger partial charge on any atom is -0.479 e. The fourth-order valence-corrected chi connectivity index (χ4v) is 1.71. The zero-order valence-electron chi connectivity index (χ0n) is 11.2. The second-order valence-electron chi connectivity index (χ2n) is 4.80. The second kappa shape index (κ2) is 10.9. The topological polar surface area (TPSA) is 57.5 Å². The first-order valence-electron chi connectivity index (χ1n) is 6.46. The highest BCUT2D eigenvalue weighted by atomic mass is 32.1. The van der Waals surface area contributed by atoms with Crippen molar-refractivity contribution >= 4 is 19.5 Å². The van der Waals surface area contributed by atoms with Crippen LogP contribution in [0.25, 0.3) is 0 Å². The highest BCUT2D eigenvalue weighted by molar-refractivity contribution is 7.59.